The van der Waals surface area contributed by atoms with Crippen molar-refractivity contribution in [3.05, 3.63) is 59.0 Å². The minimum atomic E-state index is -0.999. The van der Waals surface area contributed by atoms with Gasteiger partial charge in [0.1, 0.15) is 4.88 Å². The number of amides is 1. The molecule has 0 radical (unpaired) electrons. The Morgan fingerprint density at radius 3 is 2.48 bits per heavy atom. The van der Waals surface area contributed by atoms with Crippen molar-refractivity contribution in [2.45, 2.75) is 0 Å². The van der Waals surface area contributed by atoms with Crippen LogP contribution < -0.4 is 5.32 Å². The summed E-state index contributed by atoms with van der Waals surface area (Å²) >= 11 is 1.14. The maximum atomic E-state index is 12.3. The summed E-state index contributed by atoms with van der Waals surface area (Å²) in [6.07, 6.45) is 0. The van der Waals surface area contributed by atoms with Gasteiger partial charge < -0.3 is 10.4 Å². The number of aromatic nitrogens is 1. The lowest BCUT2D eigenvalue weighted by Gasteiger charge is -2.04. The molecule has 0 aliphatic rings. The smallest absolute Gasteiger partial charge is 0.335 e. The van der Waals surface area contributed by atoms with E-state index in [1.165, 1.54) is 12.1 Å². The summed E-state index contributed by atoms with van der Waals surface area (Å²) in [7, 11) is 0. The van der Waals surface area contributed by atoms with E-state index in [-0.39, 0.29) is 11.5 Å². The molecule has 1 aromatic heterocycles. The number of rotatable bonds is 3. The molecule has 1 heterocycles. The van der Waals surface area contributed by atoms with Gasteiger partial charge in [0, 0.05) is 11.1 Å². The molecule has 2 N–H and O–H groups in total. The molecule has 0 saturated carbocycles. The topological polar surface area (TPSA) is 79.3 Å². The van der Waals surface area contributed by atoms with Gasteiger partial charge in [0.25, 0.3) is 5.91 Å². The van der Waals surface area contributed by atoms with Crippen LogP contribution in [0.1, 0.15) is 20.0 Å². The van der Waals surface area contributed by atoms with Gasteiger partial charge in [-0.3, -0.25) is 4.79 Å². The van der Waals surface area contributed by atoms with Gasteiger partial charge in [-0.05, 0) is 41.9 Å². The zero-order valence-corrected chi connectivity index (χ0v) is 11.6. The number of aromatic carboxylic acids is 1. The molecule has 21 heavy (non-hydrogen) atoms. The van der Waals surface area contributed by atoms with Crippen LogP contribution in [-0.4, -0.2) is 21.4 Å². The van der Waals surface area contributed by atoms with Crippen molar-refractivity contribution in [2.75, 3.05) is 5.32 Å². The first-order chi connectivity index (χ1) is 10.1. The van der Waals surface area contributed by atoms with Crippen molar-refractivity contribution in [3.63, 3.8) is 0 Å². The second kappa shape index (κ2) is 5.34. The molecular formula is C15H10N2O3S. The number of carbonyl (C=O) groups is 2. The minimum Gasteiger partial charge on any atom is -0.478 e. The number of carboxylic acids is 1. The molecular weight excluding hydrogens is 288 g/mol. The molecule has 0 atom stereocenters. The summed E-state index contributed by atoms with van der Waals surface area (Å²) in [4.78, 5) is 23.6. The molecule has 0 saturated heterocycles. The van der Waals surface area contributed by atoms with Gasteiger partial charge in [0.2, 0.25) is 0 Å². The first-order valence-corrected chi connectivity index (χ1v) is 6.91. The van der Waals surface area contributed by atoms with Crippen molar-refractivity contribution in [1.82, 2.24) is 4.37 Å². The van der Waals surface area contributed by atoms with E-state index in [0.717, 1.165) is 22.4 Å². The second-order valence-corrected chi connectivity index (χ2v) is 5.14. The zero-order chi connectivity index (χ0) is 14.8. The summed E-state index contributed by atoms with van der Waals surface area (Å²) in [5, 5.41) is 12.4. The first kappa shape index (κ1) is 13.3. The Hall–Kier alpha value is -2.73. The van der Waals surface area contributed by atoms with E-state index in [1.807, 2.05) is 24.3 Å². The lowest BCUT2D eigenvalue weighted by molar-refractivity contribution is 0.0696. The normalized spacial score (nSPS) is 10.5. The number of fused-ring (bicyclic) bond motifs is 1. The first-order valence-electron chi connectivity index (χ1n) is 6.14. The molecule has 0 bridgehead atoms. The fraction of sp³-hybridized carbons (Fsp3) is 0. The number of carbonyl (C=O) groups excluding carboxylic acids is 1. The van der Waals surface area contributed by atoms with Crippen LogP contribution in [0.5, 0.6) is 0 Å². The van der Waals surface area contributed by atoms with Crippen LogP contribution in [0.4, 0.5) is 5.69 Å². The van der Waals surface area contributed by atoms with Gasteiger partial charge in [0.15, 0.2) is 0 Å². The number of benzene rings is 2. The van der Waals surface area contributed by atoms with Crippen LogP contribution in [0.2, 0.25) is 0 Å². The average molecular weight is 298 g/mol. The standard InChI is InChI=1S/C15H10N2O3S/c18-14(13-11-3-1-2-4-12(11)17-21-13)16-10-7-5-9(6-8-10)15(19)20/h1-8H,(H,16,18)(H,19,20). The Bertz CT molecular complexity index is 824. The van der Waals surface area contributed by atoms with Crippen molar-refractivity contribution in [3.8, 4) is 0 Å². The molecule has 5 nitrogen and oxygen atoms in total. The van der Waals surface area contributed by atoms with Crippen LogP contribution in [0, 0.1) is 0 Å². The summed E-state index contributed by atoms with van der Waals surface area (Å²) < 4.78 is 4.22. The highest BCUT2D eigenvalue weighted by atomic mass is 32.1. The molecule has 0 fully saturated rings. The van der Waals surface area contributed by atoms with Crippen LogP contribution in [0.3, 0.4) is 0 Å². The van der Waals surface area contributed by atoms with E-state index in [2.05, 4.69) is 9.69 Å². The third-order valence-corrected chi connectivity index (χ3v) is 3.86. The van der Waals surface area contributed by atoms with Gasteiger partial charge >= 0.3 is 5.97 Å². The molecule has 1 amide bonds. The largest absolute Gasteiger partial charge is 0.478 e. The van der Waals surface area contributed by atoms with Crippen LogP contribution in [0.15, 0.2) is 48.5 Å². The molecule has 0 unspecified atom stereocenters. The monoisotopic (exact) mass is 298 g/mol. The third-order valence-electron chi connectivity index (χ3n) is 2.98. The Morgan fingerprint density at radius 1 is 1.05 bits per heavy atom. The van der Waals surface area contributed by atoms with E-state index < -0.39 is 5.97 Å². The van der Waals surface area contributed by atoms with Gasteiger partial charge in [-0.15, -0.1) is 0 Å². The Balaban J connectivity index is 1.84. The summed E-state index contributed by atoms with van der Waals surface area (Å²) in [5.41, 5.74) is 1.51. The van der Waals surface area contributed by atoms with E-state index in [9.17, 15) is 9.59 Å². The summed E-state index contributed by atoms with van der Waals surface area (Å²) in [5.74, 6) is -1.25. The van der Waals surface area contributed by atoms with Gasteiger partial charge in [0.05, 0.1) is 11.1 Å². The van der Waals surface area contributed by atoms with E-state index in [1.54, 1.807) is 12.1 Å². The Morgan fingerprint density at radius 2 is 1.76 bits per heavy atom. The molecule has 3 rings (SSSR count). The predicted molar refractivity (Wildman–Crippen MR) is 81.0 cm³/mol. The third kappa shape index (κ3) is 2.61. The van der Waals surface area contributed by atoms with Crippen molar-refractivity contribution in [1.29, 1.82) is 0 Å². The highest BCUT2D eigenvalue weighted by molar-refractivity contribution is 7.09. The van der Waals surface area contributed by atoms with Crippen molar-refractivity contribution >= 4 is 40.0 Å². The molecule has 104 valence electrons. The quantitative estimate of drug-likeness (QED) is 0.778. The van der Waals surface area contributed by atoms with Crippen molar-refractivity contribution in [2.24, 2.45) is 0 Å². The van der Waals surface area contributed by atoms with E-state index in [4.69, 9.17) is 5.11 Å². The predicted octanol–water partition coefficient (Wildman–Crippen LogP) is 3.25. The summed E-state index contributed by atoms with van der Waals surface area (Å²) in [6.45, 7) is 0. The maximum absolute atomic E-state index is 12.3. The number of nitrogens with one attached hydrogen (secondary N) is 1. The van der Waals surface area contributed by atoms with E-state index >= 15 is 0 Å². The Kier molecular flexibility index (Phi) is 3.37. The molecule has 0 aliphatic heterocycles. The number of nitrogens with zero attached hydrogens (tertiary/aromatic N) is 1. The Labute approximate surface area is 124 Å². The maximum Gasteiger partial charge on any atom is 0.335 e. The van der Waals surface area contributed by atoms with E-state index in [0.29, 0.717) is 10.6 Å². The SMILES string of the molecule is O=C(O)c1ccc(NC(=O)c2snc3ccccc23)cc1. The molecule has 3 aromatic rings. The minimum absolute atomic E-state index is 0.177. The lowest BCUT2D eigenvalue weighted by atomic mass is 10.2. The van der Waals surface area contributed by atoms with Gasteiger partial charge in [-0.2, -0.15) is 4.37 Å². The van der Waals surface area contributed by atoms with Crippen LogP contribution in [0.25, 0.3) is 10.9 Å². The van der Waals surface area contributed by atoms with Gasteiger partial charge in [-0.25, -0.2) is 4.79 Å². The second-order valence-electron chi connectivity index (χ2n) is 4.37. The van der Waals surface area contributed by atoms with Gasteiger partial charge in [-0.1, -0.05) is 18.2 Å². The fourth-order valence-corrected chi connectivity index (χ4v) is 2.69. The number of hydrogen-bond acceptors (Lipinski definition) is 4. The highest BCUT2D eigenvalue weighted by Gasteiger charge is 2.14. The van der Waals surface area contributed by atoms with Crippen LogP contribution in [-0.2, 0) is 0 Å². The average Bonchev–Trinajstić information content (AvgIpc) is 2.92. The molecule has 2 aromatic carbocycles. The fourth-order valence-electron chi connectivity index (χ4n) is 1.94. The lowest BCUT2D eigenvalue weighted by Crippen LogP contribution is -2.10. The highest BCUT2D eigenvalue weighted by Crippen LogP contribution is 2.23. The number of carboxylic acid groups (broad SMARTS) is 1. The van der Waals surface area contributed by atoms with Crippen LogP contribution >= 0.6 is 11.5 Å². The number of anilines is 1. The molecule has 6 heteroatoms. The summed E-state index contributed by atoms with van der Waals surface area (Å²) in [6, 6.07) is 13.4. The molecule has 0 aliphatic carbocycles. The zero-order valence-electron chi connectivity index (χ0n) is 10.7. The number of hydrogen-bond donors (Lipinski definition) is 2. The van der Waals surface area contributed by atoms with Crippen molar-refractivity contribution < 1.29 is 14.7 Å². The molecule has 0 spiro atoms.